The molecule has 1 saturated heterocycles. The number of carboxylic acids is 1. The van der Waals surface area contributed by atoms with Crippen molar-refractivity contribution < 1.29 is 19.4 Å². The number of benzene rings is 1. The molecule has 0 radical (unpaired) electrons. The van der Waals surface area contributed by atoms with E-state index in [1.54, 1.807) is 6.07 Å². The van der Waals surface area contributed by atoms with Gasteiger partial charge in [-0.25, -0.2) is 4.79 Å². The van der Waals surface area contributed by atoms with Crippen LogP contribution in [0.25, 0.3) is 11.3 Å². The van der Waals surface area contributed by atoms with Gasteiger partial charge in [0.1, 0.15) is 5.75 Å². The Kier molecular flexibility index (Phi) is 8.24. The van der Waals surface area contributed by atoms with Gasteiger partial charge in [-0.05, 0) is 80.8 Å². The molecule has 0 atom stereocenters. The first kappa shape index (κ1) is 28.3. The molecule has 220 valence electrons. The topological polar surface area (TPSA) is 95.9 Å². The first-order valence-corrected chi connectivity index (χ1v) is 15.5. The highest BCUT2D eigenvalue weighted by Crippen LogP contribution is 2.46. The van der Waals surface area contributed by atoms with Gasteiger partial charge in [-0.3, -0.25) is 19.7 Å². The van der Waals surface area contributed by atoms with Crippen molar-refractivity contribution in [3.63, 3.8) is 0 Å². The van der Waals surface area contributed by atoms with Gasteiger partial charge in [-0.2, -0.15) is 0 Å². The summed E-state index contributed by atoms with van der Waals surface area (Å²) in [6.45, 7) is 7.87. The molecule has 4 heterocycles. The van der Waals surface area contributed by atoms with Gasteiger partial charge in [0.05, 0.1) is 34.8 Å². The maximum Gasteiger partial charge on any atom is 0.337 e. The molecule has 0 unspecified atom stereocenters. The zero-order chi connectivity index (χ0) is 29.2. The molecule has 3 aliphatic rings. The van der Waals surface area contributed by atoms with Crippen molar-refractivity contribution in [1.29, 1.82) is 0 Å². The predicted molar refractivity (Wildman–Crippen MR) is 161 cm³/mol. The van der Waals surface area contributed by atoms with E-state index < -0.39 is 5.97 Å². The molecule has 6 rings (SSSR count). The summed E-state index contributed by atoms with van der Waals surface area (Å²) in [5, 5.41) is 9.74. The van der Waals surface area contributed by atoms with Crippen LogP contribution in [0.1, 0.15) is 95.1 Å². The summed E-state index contributed by atoms with van der Waals surface area (Å²) >= 11 is 0. The fourth-order valence-electron chi connectivity index (χ4n) is 6.58. The fraction of sp³-hybridized carbons (Fsp3) is 0.471. The molecule has 8 heteroatoms. The van der Waals surface area contributed by atoms with Gasteiger partial charge >= 0.3 is 5.97 Å². The van der Waals surface area contributed by atoms with E-state index in [9.17, 15) is 14.7 Å². The van der Waals surface area contributed by atoms with Gasteiger partial charge in [0.25, 0.3) is 5.91 Å². The molecule has 0 spiro atoms. The van der Waals surface area contributed by atoms with Gasteiger partial charge < -0.3 is 14.7 Å². The van der Waals surface area contributed by atoms with Crippen LogP contribution in [0.5, 0.6) is 5.75 Å². The molecule has 42 heavy (non-hydrogen) atoms. The van der Waals surface area contributed by atoms with E-state index in [-0.39, 0.29) is 17.5 Å². The largest absolute Gasteiger partial charge is 0.494 e. The number of amides is 1. The average Bonchev–Trinajstić information content (AvgIpc) is 3.85. The number of carbonyl (C=O) groups is 2. The second kappa shape index (κ2) is 12.2. The highest BCUT2D eigenvalue weighted by Gasteiger charge is 2.35. The second-order valence-corrected chi connectivity index (χ2v) is 11.8. The van der Waals surface area contributed by atoms with Crippen molar-refractivity contribution in [2.45, 2.75) is 77.3 Å². The summed E-state index contributed by atoms with van der Waals surface area (Å²) in [5.74, 6) is 0.419. The molecule has 0 bridgehead atoms. The van der Waals surface area contributed by atoms with Crippen LogP contribution in [0.4, 0.5) is 0 Å². The zero-order valence-corrected chi connectivity index (χ0v) is 24.6. The number of aromatic carboxylic acids is 1. The Morgan fingerprint density at radius 1 is 1.05 bits per heavy atom. The Hall–Kier alpha value is -3.78. The number of rotatable bonds is 10. The number of carbonyl (C=O) groups excluding carboxylic acids is 1. The summed E-state index contributed by atoms with van der Waals surface area (Å²) in [6.07, 6.45) is 8.14. The highest BCUT2D eigenvalue weighted by atomic mass is 16.5. The quantitative estimate of drug-likeness (QED) is 0.334. The highest BCUT2D eigenvalue weighted by molar-refractivity contribution is 5.99. The Bertz CT molecular complexity index is 1460. The third kappa shape index (κ3) is 5.77. The summed E-state index contributed by atoms with van der Waals surface area (Å²) in [5.41, 5.74) is 6.70. The standard InChI is InChI=1S/C34H40N4O4/c1-3-7-30-28(34(40)41)19-27-31(36-30)13-17-38(33(27)39)24-11-15-37(16-12-24)21-23-18-25(22-9-10-22)26(20-32(23)42-4-2)29-8-5-6-14-35-29/h5-6,8,14,18-20,22,24H,3-4,7,9-13,15-17,21H2,1-2H3,(H,40,41). The predicted octanol–water partition coefficient (Wildman–Crippen LogP) is 5.73. The van der Waals surface area contributed by atoms with Crippen molar-refractivity contribution in [1.82, 2.24) is 19.8 Å². The van der Waals surface area contributed by atoms with Crippen LogP contribution >= 0.6 is 0 Å². The van der Waals surface area contributed by atoms with Crippen molar-refractivity contribution >= 4 is 11.9 Å². The smallest absolute Gasteiger partial charge is 0.337 e. The molecular weight excluding hydrogens is 528 g/mol. The lowest BCUT2D eigenvalue weighted by molar-refractivity contribution is 0.0543. The Morgan fingerprint density at radius 2 is 1.86 bits per heavy atom. The lowest BCUT2D eigenvalue weighted by atomic mass is 9.94. The second-order valence-electron chi connectivity index (χ2n) is 11.8. The van der Waals surface area contributed by atoms with Crippen molar-refractivity contribution in [2.75, 3.05) is 26.2 Å². The molecular formula is C34H40N4O4. The molecule has 8 nitrogen and oxygen atoms in total. The van der Waals surface area contributed by atoms with E-state index in [4.69, 9.17) is 4.74 Å². The minimum atomic E-state index is -1.02. The normalized spacial score (nSPS) is 17.8. The van der Waals surface area contributed by atoms with Crippen LogP contribution in [0.2, 0.25) is 0 Å². The number of carboxylic acid groups (broad SMARTS) is 1. The summed E-state index contributed by atoms with van der Waals surface area (Å²) in [7, 11) is 0. The third-order valence-corrected chi connectivity index (χ3v) is 8.86. The minimum absolute atomic E-state index is 0.0782. The molecule has 1 saturated carbocycles. The SMILES string of the molecule is CCCc1nc2c(cc1C(=O)O)C(=O)N(C1CCN(Cc3cc(C4CC4)c(-c4ccccn4)cc3OCC)CC1)CC2. The zero-order valence-electron chi connectivity index (χ0n) is 24.6. The number of nitrogens with zero attached hydrogens (tertiary/aromatic N) is 4. The molecule has 2 aliphatic heterocycles. The molecule has 1 amide bonds. The molecule has 2 aromatic heterocycles. The van der Waals surface area contributed by atoms with Gasteiger partial charge in [-0.1, -0.05) is 19.4 Å². The van der Waals surface area contributed by atoms with Crippen LogP contribution in [0.3, 0.4) is 0 Å². The van der Waals surface area contributed by atoms with Crippen LogP contribution in [0.15, 0.2) is 42.6 Å². The van der Waals surface area contributed by atoms with Crippen molar-refractivity contribution in [3.8, 4) is 17.0 Å². The first-order valence-electron chi connectivity index (χ1n) is 15.5. The van der Waals surface area contributed by atoms with E-state index in [1.807, 2.05) is 37.1 Å². The molecule has 3 aromatic rings. The maximum absolute atomic E-state index is 13.6. The number of aromatic nitrogens is 2. The Labute approximate surface area is 247 Å². The molecule has 2 fully saturated rings. The first-order chi connectivity index (χ1) is 20.5. The van der Waals surface area contributed by atoms with Gasteiger partial charge in [0, 0.05) is 56.0 Å². The van der Waals surface area contributed by atoms with Crippen molar-refractivity contribution in [2.24, 2.45) is 0 Å². The van der Waals surface area contributed by atoms with E-state index in [1.165, 1.54) is 29.5 Å². The molecule has 1 N–H and O–H groups in total. The summed E-state index contributed by atoms with van der Waals surface area (Å²) in [4.78, 5) is 39.2. The number of fused-ring (bicyclic) bond motifs is 1. The van der Waals surface area contributed by atoms with E-state index in [0.29, 0.717) is 43.2 Å². The number of piperidine rings is 1. The third-order valence-electron chi connectivity index (χ3n) is 8.86. The van der Waals surface area contributed by atoms with Gasteiger partial charge in [-0.15, -0.1) is 0 Å². The number of hydrogen-bond donors (Lipinski definition) is 1. The fourth-order valence-corrected chi connectivity index (χ4v) is 6.58. The maximum atomic E-state index is 13.6. The lowest BCUT2D eigenvalue weighted by Gasteiger charge is -2.40. The van der Waals surface area contributed by atoms with E-state index in [0.717, 1.165) is 56.0 Å². The van der Waals surface area contributed by atoms with Crippen LogP contribution < -0.4 is 4.74 Å². The van der Waals surface area contributed by atoms with Crippen LogP contribution in [-0.2, 0) is 19.4 Å². The number of aryl methyl sites for hydroxylation is 1. The lowest BCUT2D eigenvalue weighted by Crippen LogP contribution is -2.50. The van der Waals surface area contributed by atoms with Crippen LogP contribution in [0, 0.1) is 0 Å². The van der Waals surface area contributed by atoms with Gasteiger partial charge in [0.15, 0.2) is 0 Å². The summed E-state index contributed by atoms with van der Waals surface area (Å²) in [6, 6.07) is 12.3. The average molecular weight is 569 g/mol. The Morgan fingerprint density at radius 3 is 2.52 bits per heavy atom. The minimum Gasteiger partial charge on any atom is -0.494 e. The number of likely N-dealkylation sites (tertiary alicyclic amines) is 1. The monoisotopic (exact) mass is 568 g/mol. The van der Waals surface area contributed by atoms with Gasteiger partial charge in [0.2, 0.25) is 0 Å². The number of hydrogen-bond acceptors (Lipinski definition) is 6. The number of pyridine rings is 2. The van der Waals surface area contributed by atoms with Crippen LogP contribution in [-0.4, -0.2) is 69.0 Å². The molecule has 1 aromatic carbocycles. The molecule has 1 aliphatic carbocycles. The van der Waals surface area contributed by atoms with E-state index in [2.05, 4.69) is 33.1 Å². The summed E-state index contributed by atoms with van der Waals surface area (Å²) < 4.78 is 6.15. The number of ether oxygens (including phenoxy) is 1. The Balaban J connectivity index is 1.16. The van der Waals surface area contributed by atoms with E-state index >= 15 is 0 Å². The van der Waals surface area contributed by atoms with Crippen molar-refractivity contribution in [3.05, 3.63) is 76.2 Å².